The Hall–Kier alpha value is -7.66. The second-order valence-electron chi connectivity index (χ2n) is 13.5. The van der Waals surface area contributed by atoms with E-state index in [0.717, 1.165) is 77.2 Å². The van der Waals surface area contributed by atoms with Crippen LogP contribution in [0.4, 0.5) is 11.4 Å². The molecule has 0 spiro atoms. The first-order chi connectivity index (χ1) is 26.7. The molecule has 0 bridgehead atoms. The Kier molecular flexibility index (Phi) is 7.22. The summed E-state index contributed by atoms with van der Waals surface area (Å²) < 4.78 is 4.71. The van der Waals surface area contributed by atoms with Crippen molar-refractivity contribution in [2.24, 2.45) is 0 Å². The van der Waals surface area contributed by atoms with Crippen molar-refractivity contribution in [3.63, 3.8) is 0 Å². The highest BCUT2D eigenvalue weighted by Gasteiger charge is 2.23. The van der Waals surface area contributed by atoms with Crippen LogP contribution in [-0.2, 0) is 0 Å². The van der Waals surface area contributed by atoms with E-state index in [1.54, 1.807) is 6.07 Å². The second kappa shape index (κ2) is 12.5. The lowest BCUT2D eigenvalue weighted by Crippen LogP contribution is -1.99. The van der Waals surface area contributed by atoms with Crippen molar-refractivity contribution in [2.75, 3.05) is 0 Å². The molecule has 10 aromatic rings. The highest BCUT2D eigenvalue weighted by molar-refractivity contribution is 6.19. The fourth-order valence-electron chi connectivity index (χ4n) is 8.15. The summed E-state index contributed by atoms with van der Waals surface area (Å²) in [6.07, 6.45) is 0. The summed E-state index contributed by atoms with van der Waals surface area (Å²) in [6.45, 7) is 15.8. The van der Waals surface area contributed by atoms with E-state index in [-0.39, 0.29) is 0 Å². The smallest absolute Gasteiger partial charge is 0.195 e. The SMILES string of the molecule is [C-]#[N+]c1ccc(-c2c(-n3c4ccc(-c5ccccc5)cc4c4cc(-c5ccccc5)ccc43)ccc3c2c2ccccc2n3-c2ccccc2)cc1[N+]#[C-]. The molecular weight excluding hydrogens is 657 g/mol. The van der Waals surface area contributed by atoms with Crippen LogP contribution in [0.15, 0.2) is 182 Å². The molecule has 0 radical (unpaired) electrons. The van der Waals surface area contributed by atoms with E-state index < -0.39 is 0 Å². The summed E-state index contributed by atoms with van der Waals surface area (Å²) in [5.41, 5.74) is 13.7. The molecule has 0 aliphatic rings. The van der Waals surface area contributed by atoms with Gasteiger partial charge >= 0.3 is 0 Å². The lowest BCUT2D eigenvalue weighted by Gasteiger charge is -2.17. The first-order valence-corrected chi connectivity index (χ1v) is 17.9. The van der Waals surface area contributed by atoms with E-state index in [4.69, 9.17) is 13.1 Å². The molecule has 0 saturated carbocycles. The predicted octanol–water partition coefficient (Wildman–Crippen LogP) is 14.0. The summed E-state index contributed by atoms with van der Waals surface area (Å²) in [7, 11) is 0. The summed E-state index contributed by atoms with van der Waals surface area (Å²) in [4.78, 5) is 7.50. The lowest BCUT2D eigenvalue weighted by molar-refractivity contribution is 1.17. The maximum Gasteiger partial charge on any atom is 0.195 e. The largest absolute Gasteiger partial charge is 0.309 e. The van der Waals surface area contributed by atoms with Gasteiger partial charge in [-0.3, -0.25) is 9.69 Å². The van der Waals surface area contributed by atoms with E-state index in [2.05, 4.69) is 177 Å². The van der Waals surface area contributed by atoms with E-state index in [1.165, 1.54) is 11.1 Å². The Bertz CT molecular complexity index is 3060. The van der Waals surface area contributed by atoms with Crippen LogP contribution < -0.4 is 0 Å². The zero-order valence-corrected chi connectivity index (χ0v) is 29.1. The van der Waals surface area contributed by atoms with Gasteiger partial charge in [-0.2, -0.15) is 0 Å². The van der Waals surface area contributed by atoms with E-state index >= 15 is 0 Å². The third-order valence-corrected chi connectivity index (χ3v) is 10.6. The number of rotatable bonds is 5. The first-order valence-electron chi connectivity index (χ1n) is 17.9. The van der Waals surface area contributed by atoms with Crippen molar-refractivity contribution in [3.8, 4) is 44.8 Å². The molecule has 0 amide bonds. The number of aromatic nitrogens is 2. The van der Waals surface area contributed by atoms with Crippen LogP contribution >= 0.6 is 0 Å². The van der Waals surface area contributed by atoms with Crippen LogP contribution in [0.2, 0.25) is 0 Å². The maximum atomic E-state index is 8.02. The van der Waals surface area contributed by atoms with Gasteiger partial charge in [0.2, 0.25) is 0 Å². The molecular formula is C50H30N4. The maximum absolute atomic E-state index is 8.02. The molecule has 4 nitrogen and oxygen atoms in total. The molecule has 250 valence electrons. The van der Waals surface area contributed by atoms with Crippen molar-refractivity contribution in [2.45, 2.75) is 0 Å². The van der Waals surface area contributed by atoms with Gasteiger partial charge in [0.05, 0.1) is 40.9 Å². The molecule has 2 aromatic heterocycles. The van der Waals surface area contributed by atoms with Crippen LogP contribution in [0.3, 0.4) is 0 Å². The van der Waals surface area contributed by atoms with E-state index in [0.29, 0.717) is 11.4 Å². The number of fused-ring (bicyclic) bond motifs is 6. The number of benzene rings is 8. The third-order valence-electron chi connectivity index (χ3n) is 10.6. The molecule has 2 heterocycles. The zero-order valence-electron chi connectivity index (χ0n) is 29.1. The van der Waals surface area contributed by atoms with Crippen molar-refractivity contribution in [3.05, 3.63) is 205 Å². The summed E-state index contributed by atoms with van der Waals surface area (Å²) in [6, 6.07) is 63.8. The first kappa shape index (κ1) is 31.1. The molecule has 0 unspecified atom stereocenters. The topological polar surface area (TPSA) is 18.6 Å². The van der Waals surface area contributed by atoms with Crippen LogP contribution in [-0.4, -0.2) is 9.13 Å². The van der Waals surface area contributed by atoms with Gasteiger partial charge in [-0.25, -0.2) is 0 Å². The lowest BCUT2D eigenvalue weighted by atomic mass is 9.96. The average molecular weight is 687 g/mol. The van der Waals surface area contributed by atoms with Gasteiger partial charge in [0.15, 0.2) is 11.4 Å². The van der Waals surface area contributed by atoms with Gasteiger partial charge < -0.3 is 9.13 Å². The fraction of sp³-hybridized carbons (Fsp3) is 0. The molecule has 10 rings (SSSR count). The Balaban J connectivity index is 1.36. The molecule has 8 aromatic carbocycles. The highest BCUT2D eigenvalue weighted by atomic mass is 15.0. The van der Waals surface area contributed by atoms with Crippen molar-refractivity contribution in [1.82, 2.24) is 9.13 Å². The quantitative estimate of drug-likeness (QED) is 0.161. The van der Waals surface area contributed by atoms with Crippen molar-refractivity contribution in [1.29, 1.82) is 0 Å². The third kappa shape index (κ3) is 4.83. The summed E-state index contributed by atoms with van der Waals surface area (Å²) >= 11 is 0. The van der Waals surface area contributed by atoms with E-state index in [9.17, 15) is 0 Å². The molecule has 0 atom stereocenters. The van der Waals surface area contributed by atoms with E-state index in [1.807, 2.05) is 18.2 Å². The molecule has 0 saturated heterocycles. The van der Waals surface area contributed by atoms with Gasteiger partial charge in [-0.05, 0) is 82.4 Å². The number of hydrogen-bond donors (Lipinski definition) is 0. The minimum Gasteiger partial charge on any atom is -0.309 e. The van der Waals surface area contributed by atoms with Gasteiger partial charge in [-0.15, -0.1) is 0 Å². The van der Waals surface area contributed by atoms with Crippen LogP contribution in [0.5, 0.6) is 0 Å². The van der Waals surface area contributed by atoms with Crippen LogP contribution in [0, 0.1) is 13.1 Å². The van der Waals surface area contributed by atoms with Gasteiger partial charge in [0, 0.05) is 32.8 Å². The second-order valence-corrected chi connectivity index (χ2v) is 13.5. The van der Waals surface area contributed by atoms with Crippen molar-refractivity contribution < 1.29 is 0 Å². The minimum atomic E-state index is 0.347. The fourth-order valence-corrected chi connectivity index (χ4v) is 8.15. The summed E-state index contributed by atoms with van der Waals surface area (Å²) in [5.74, 6) is 0. The molecule has 4 heteroatoms. The number of nitrogens with zero attached hydrogens (tertiary/aromatic N) is 4. The Morgan fingerprint density at radius 3 is 1.48 bits per heavy atom. The molecule has 54 heavy (non-hydrogen) atoms. The number of hydrogen-bond acceptors (Lipinski definition) is 0. The monoisotopic (exact) mass is 686 g/mol. The molecule has 0 fully saturated rings. The Morgan fingerprint density at radius 1 is 0.352 bits per heavy atom. The summed E-state index contributed by atoms with van der Waals surface area (Å²) in [5, 5.41) is 4.53. The minimum absolute atomic E-state index is 0.347. The zero-order chi connectivity index (χ0) is 36.2. The van der Waals surface area contributed by atoms with Crippen LogP contribution in [0.25, 0.3) is 98.1 Å². The predicted molar refractivity (Wildman–Crippen MR) is 224 cm³/mol. The van der Waals surface area contributed by atoms with Gasteiger partial charge in [-0.1, -0.05) is 127 Å². The standard InChI is InChI=1S/C50H30N4/c1-51-42-25-22-37(32-43(42)52-2)49-47(28-29-48-50(49)39-20-12-13-21-44(39)53(48)38-18-10-5-11-19-38)54-45-26-23-35(33-14-6-3-7-15-33)30-40(45)41-31-36(24-27-46(41)54)34-16-8-4-9-17-34/h3-32H. The number of para-hydroxylation sites is 2. The molecule has 0 aliphatic heterocycles. The highest BCUT2D eigenvalue weighted by Crippen LogP contribution is 2.46. The van der Waals surface area contributed by atoms with Crippen LogP contribution in [0.1, 0.15) is 0 Å². The molecule has 0 N–H and O–H groups in total. The average Bonchev–Trinajstić information content (AvgIpc) is 3.76. The van der Waals surface area contributed by atoms with Crippen molar-refractivity contribution >= 4 is 55.0 Å². The normalized spacial score (nSPS) is 11.3. The van der Waals surface area contributed by atoms with Gasteiger partial charge in [0.25, 0.3) is 0 Å². The van der Waals surface area contributed by atoms with Gasteiger partial charge in [0.1, 0.15) is 0 Å². The Morgan fingerprint density at radius 2 is 0.870 bits per heavy atom. The Labute approximate surface area is 312 Å². The molecule has 0 aliphatic carbocycles.